The molecule has 0 aliphatic carbocycles. The van der Waals surface area contributed by atoms with Crippen molar-refractivity contribution in [1.82, 2.24) is 9.88 Å². The molecule has 0 saturated carbocycles. The molecule has 0 fully saturated rings. The molecule has 2 aromatic carbocycles. The number of pyridine rings is 1. The molecule has 3 rings (SSSR count). The van der Waals surface area contributed by atoms with E-state index in [4.69, 9.17) is 9.72 Å². The number of aryl methyl sites for hydroxylation is 2. The fraction of sp³-hybridized carbons (Fsp3) is 0.273. The van der Waals surface area contributed by atoms with Crippen LogP contribution in [0.4, 0.5) is 5.69 Å². The van der Waals surface area contributed by atoms with Gasteiger partial charge in [0.25, 0.3) is 0 Å². The van der Waals surface area contributed by atoms with Crippen molar-refractivity contribution < 1.29 is 9.53 Å². The summed E-state index contributed by atoms with van der Waals surface area (Å²) in [4.78, 5) is 18.7. The summed E-state index contributed by atoms with van der Waals surface area (Å²) in [6.45, 7) is 4.44. The van der Waals surface area contributed by atoms with E-state index in [9.17, 15) is 4.79 Å². The van der Waals surface area contributed by atoms with Gasteiger partial charge >= 0.3 is 0 Å². The van der Waals surface area contributed by atoms with Gasteiger partial charge in [-0.05, 0) is 75.5 Å². The summed E-state index contributed by atoms with van der Waals surface area (Å²) in [6.07, 6.45) is 0. The molecule has 140 valence electrons. The second kappa shape index (κ2) is 7.76. The maximum absolute atomic E-state index is 12.0. The summed E-state index contributed by atoms with van der Waals surface area (Å²) in [7, 11) is 5.41. The molecule has 0 aliphatic rings. The van der Waals surface area contributed by atoms with Gasteiger partial charge in [0.2, 0.25) is 5.91 Å². The smallest absolute Gasteiger partial charge is 0.238 e. The highest BCUT2D eigenvalue weighted by atomic mass is 16.5. The molecule has 1 heterocycles. The van der Waals surface area contributed by atoms with Crippen LogP contribution in [0.3, 0.4) is 0 Å². The van der Waals surface area contributed by atoms with Gasteiger partial charge < -0.3 is 15.0 Å². The Kier molecular flexibility index (Phi) is 5.42. The number of carbonyl (C=O) groups is 1. The van der Waals surface area contributed by atoms with Crippen LogP contribution in [0.5, 0.6) is 5.75 Å². The summed E-state index contributed by atoms with van der Waals surface area (Å²) in [5, 5.41) is 4.01. The average molecular weight is 363 g/mol. The Morgan fingerprint density at radius 1 is 1.07 bits per heavy atom. The van der Waals surface area contributed by atoms with Crippen LogP contribution in [-0.2, 0) is 4.79 Å². The molecule has 5 heteroatoms. The van der Waals surface area contributed by atoms with Gasteiger partial charge in [-0.1, -0.05) is 6.07 Å². The second-order valence-electron chi connectivity index (χ2n) is 7.03. The minimum atomic E-state index is -0.0435. The molecule has 5 nitrogen and oxygen atoms in total. The van der Waals surface area contributed by atoms with E-state index in [1.54, 1.807) is 7.11 Å². The van der Waals surface area contributed by atoms with E-state index >= 15 is 0 Å². The van der Waals surface area contributed by atoms with Crippen molar-refractivity contribution in [3.63, 3.8) is 0 Å². The first kappa shape index (κ1) is 18.9. The van der Waals surface area contributed by atoms with Gasteiger partial charge in [-0.25, -0.2) is 4.98 Å². The van der Waals surface area contributed by atoms with E-state index in [0.717, 1.165) is 44.7 Å². The zero-order valence-corrected chi connectivity index (χ0v) is 16.5. The standard InChI is InChI=1S/C22H25N3O2/c1-14-11-19(16-6-9-21(27-5)15(2)10-16)24-20-12-17(7-8-18(14)20)23-22(26)13-25(3)4/h6-12H,13H2,1-5H3,(H,23,26). The number of amides is 1. The van der Waals surface area contributed by atoms with Crippen LogP contribution in [0.25, 0.3) is 22.2 Å². The summed E-state index contributed by atoms with van der Waals surface area (Å²) in [5.41, 5.74) is 5.78. The van der Waals surface area contributed by atoms with Crippen LogP contribution in [0.15, 0.2) is 42.5 Å². The predicted octanol–water partition coefficient (Wildman–Crippen LogP) is 4.03. The third-order valence-corrected chi connectivity index (χ3v) is 4.45. The number of methoxy groups -OCH3 is 1. The first-order valence-corrected chi connectivity index (χ1v) is 8.88. The van der Waals surface area contributed by atoms with Crippen molar-refractivity contribution in [3.8, 4) is 17.0 Å². The van der Waals surface area contributed by atoms with E-state index in [0.29, 0.717) is 6.54 Å². The molecule has 0 aliphatic heterocycles. The lowest BCUT2D eigenvalue weighted by molar-refractivity contribution is -0.116. The van der Waals surface area contributed by atoms with Crippen molar-refractivity contribution in [2.24, 2.45) is 0 Å². The van der Waals surface area contributed by atoms with Crippen LogP contribution in [-0.4, -0.2) is 43.5 Å². The molecular weight excluding hydrogens is 338 g/mol. The lowest BCUT2D eigenvalue weighted by atomic mass is 10.0. The molecule has 27 heavy (non-hydrogen) atoms. The monoisotopic (exact) mass is 363 g/mol. The molecule has 0 atom stereocenters. The Balaban J connectivity index is 1.98. The number of anilines is 1. The number of hydrogen-bond acceptors (Lipinski definition) is 4. The maximum atomic E-state index is 12.0. The summed E-state index contributed by atoms with van der Waals surface area (Å²) in [6, 6.07) is 14.0. The van der Waals surface area contributed by atoms with Gasteiger partial charge in [0.05, 0.1) is 24.9 Å². The van der Waals surface area contributed by atoms with E-state index in [1.165, 1.54) is 0 Å². The number of nitrogens with one attached hydrogen (secondary N) is 1. The number of ether oxygens (including phenoxy) is 1. The minimum absolute atomic E-state index is 0.0435. The molecule has 1 N–H and O–H groups in total. The molecule has 0 spiro atoms. The third-order valence-electron chi connectivity index (χ3n) is 4.45. The van der Waals surface area contributed by atoms with E-state index in [2.05, 4.69) is 24.4 Å². The van der Waals surface area contributed by atoms with Gasteiger partial charge in [-0.15, -0.1) is 0 Å². The number of aromatic nitrogens is 1. The Morgan fingerprint density at radius 3 is 2.52 bits per heavy atom. The number of carbonyl (C=O) groups excluding carboxylic acids is 1. The van der Waals surface area contributed by atoms with Crippen molar-refractivity contribution >= 4 is 22.5 Å². The number of rotatable bonds is 5. The van der Waals surface area contributed by atoms with Gasteiger partial charge in [0.1, 0.15) is 5.75 Å². The Morgan fingerprint density at radius 2 is 1.85 bits per heavy atom. The van der Waals surface area contributed by atoms with Crippen LogP contribution < -0.4 is 10.1 Å². The molecular formula is C22H25N3O2. The zero-order valence-electron chi connectivity index (χ0n) is 16.5. The summed E-state index contributed by atoms with van der Waals surface area (Å²) >= 11 is 0. The van der Waals surface area contributed by atoms with E-state index in [1.807, 2.05) is 56.3 Å². The van der Waals surface area contributed by atoms with Crippen LogP contribution in [0, 0.1) is 13.8 Å². The van der Waals surface area contributed by atoms with Gasteiger partial charge in [-0.2, -0.15) is 0 Å². The molecule has 0 bridgehead atoms. The van der Waals surface area contributed by atoms with Crippen molar-refractivity contribution in [1.29, 1.82) is 0 Å². The largest absolute Gasteiger partial charge is 0.496 e. The lowest BCUT2D eigenvalue weighted by Gasteiger charge is -2.12. The first-order valence-electron chi connectivity index (χ1n) is 8.88. The Bertz CT molecular complexity index is 996. The van der Waals surface area contributed by atoms with Gasteiger partial charge in [0.15, 0.2) is 0 Å². The van der Waals surface area contributed by atoms with Crippen molar-refractivity contribution in [3.05, 3.63) is 53.6 Å². The van der Waals surface area contributed by atoms with Crippen molar-refractivity contribution in [2.75, 3.05) is 33.1 Å². The van der Waals surface area contributed by atoms with Crippen LogP contribution in [0.2, 0.25) is 0 Å². The third kappa shape index (κ3) is 4.26. The Labute approximate surface area is 160 Å². The quantitative estimate of drug-likeness (QED) is 0.744. The highest BCUT2D eigenvalue weighted by Crippen LogP contribution is 2.29. The Hall–Kier alpha value is -2.92. The van der Waals surface area contributed by atoms with Crippen LogP contribution in [0.1, 0.15) is 11.1 Å². The van der Waals surface area contributed by atoms with Gasteiger partial charge in [0, 0.05) is 16.6 Å². The molecule has 1 amide bonds. The molecule has 3 aromatic rings. The number of nitrogens with zero attached hydrogens (tertiary/aromatic N) is 2. The zero-order chi connectivity index (χ0) is 19.6. The average Bonchev–Trinajstić information content (AvgIpc) is 2.60. The fourth-order valence-corrected chi connectivity index (χ4v) is 3.15. The summed E-state index contributed by atoms with van der Waals surface area (Å²) < 4.78 is 5.35. The second-order valence-corrected chi connectivity index (χ2v) is 7.03. The van der Waals surface area contributed by atoms with Crippen LogP contribution >= 0.6 is 0 Å². The number of benzene rings is 2. The predicted molar refractivity (Wildman–Crippen MR) is 110 cm³/mol. The highest BCUT2D eigenvalue weighted by molar-refractivity contribution is 5.95. The first-order chi connectivity index (χ1) is 12.9. The minimum Gasteiger partial charge on any atom is -0.496 e. The van der Waals surface area contributed by atoms with Crippen molar-refractivity contribution in [2.45, 2.75) is 13.8 Å². The number of hydrogen-bond donors (Lipinski definition) is 1. The highest BCUT2D eigenvalue weighted by Gasteiger charge is 2.09. The normalized spacial score (nSPS) is 11.0. The van der Waals surface area contributed by atoms with Gasteiger partial charge in [-0.3, -0.25) is 4.79 Å². The van der Waals surface area contributed by atoms with E-state index < -0.39 is 0 Å². The fourth-order valence-electron chi connectivity index (χ4n) is 3.15. The topological polar surface area (TPSA) is 54.5 Å². The molecule has 0 saturated heterocycles. The molecule has 0 radical (unpaired) electrons. The lowest BCUT2D eigenvalue weighted by Crippen LogP contribution is -2.27. The number of likely N-dealkylation sites (N-methyl/N-ethyl adjacent to an activating group) is 1. The summed E-state index contributed by atoms with van der Waals surface area (Å²) in [5.74, 6) is 0.820. The number of fused-ring (bicyclic) bond motifs is 1. The SMILES string of the molecule is COc1ccc(-c2cc(C)c3ccc(NC(=O)CN(C)C)cc3n2)cc1C. The maximum Gasteiger partial charge on any atom is 0.238 e. The molecule has 0 unspecified atom stereocenters. The van der Waals surface area contributed by atoms with E-state index in [-0.39, 0.29) is 5.91 Å². The molecule has 1 aromatic heterocycles.